The number of pyridine rings is 1. The normalized spacial score (nSPS) is 12.7. The average molecular weight is 294 g/mol. The molecule has 0 saturated heterocycles. The number of hydrogen-bond acceptors (Lipinski definition) is 3. The van der Waals surface area contributed by atoms with Gasteiger partial charge in [0.05, 0.1) is 17.4 Å². The van der Waals surface area contributed by atoms with Crippen molar-refractivity contribution in [2.75, 3.05) is 5.32 Å². The lowest BCUT2D eigenvalue weighted by molar-refractivity contribution is -0.118. The van der Waals surface area contributed by atoms with Crippen LogP contribution in [-0.2, 0) is 4.79 Å². The van der Waals surface area contributed by atoms with Crippen molar-refractivity contribution < 1.29 is 4.79 Å². The van der Waals surface area contributed by atoms with Crippen LogP contribution in [0.5, 0.6) is 0 Å². The summed E-state index contributed by atoms with van der Waals surface area (Å²) in [5.41, 5.74) is 7.36. The molecular weight excluding hydrogens is 273 g/mol. The van der Waals surface area contributed by atoms with Gasteiger partial charge in [-0.15, -0.1) is 24.8 Å². The highest BCUT2D eigenvalue weighted by molar-refractivity contribution is 5.95. The largest absolute Gasteiger partial charge is 0.323 e. The van der Waals surface area contributed by atoms with Gasteiger partial charge in [-0.1, -0.05) is 20.3 Å². The van der Waals surface area contributed by atoms with Crippen LogP contribution < -0.4 is 11.1 Å². The molecule has 0 fully saturated rings. The van der Waals surface area contributed by atoms with Crippen molar-refractivity contribution in [1.29, 1.82) is 0 Å². The van der Waals surface area contributed by atoms with Crippen LogP contribution in [0.15, 0.2) is 18.3 Å². The third kappa shape index (κ3) is 5.21. The number of nitrogens with zero attached hydrogens (tertiary/aromatic N) is 1. The second-order valence-electron chi connectivity index (χ2n) is 4.04. The molecule has 0 aliphatic heterocycles. The first-order chi connectivity index (χ1) is 7.56. The van der Waals surface area contributed by atoms with Gasteiger partial charge in [-0.05, 0) is 25.0 Å². The molecule has 6 heteroatoms. The highest BCUT2D eigenvalue weighted by Gasteiger charge is 2.19. The summed E-state index contributed by atoms with van der Waals surface area (Å²) < 4.78 is 0. The number of nitrogens with one attached hydrogen (secondary N) is 1. The third-order valence-electron chi connectivity index (χ3n) is 2.82. The molecule has 1 aromatic heterocycles. The SMILES string of the molecule is CCC(C)C(N)C(=O)Nc1cccnc1C.Cl.Cl. The molecule has 2 unspecified atom stereocenters. The maximum atomic E-state index is 11.8. The molecule has 3 N–H and O–H groups in total. The predicted molar refractivity (Wildman–Crippen MR) is 79.5 cm³/mol. The van der Waals surface area contributed by atoms with Gasteiger partial charge in [-0.25, -0.2) is 0 Å². The Bertz CT molecular complexity index is 374. The number of aromatic nitrogens is 1. The Morgan fingerprint density at radius 2 is 2.11 bits per heavy atom. The van der Waals surface area contributed by atoms with E-state index in [1.165, 1.54) is 0 Å². The number of aryl methyl sites for hydroxylation is 1. The van der Waals surface area contributed by atoms with Crippen molar-refractivity contribution in [1.82, 2.24) is 4.98 Å². The van der Waals surface area contributed by atoms with Gasteiger partial charge < -0.3 is 11.1 Å². The fourth-order valence-corrected chi connectivity index (χ4v) is 1.34. The first kappa shape index (κ1) is 19.5. The van der Waals surface area contributed by atoms with Crippen LogP contribution in [0.3, 0.4) is 0 Å². The van der Waals surface area contributed by atoms with Gasteiger partial charge in [-0.2, -0.15) is 0 Å². The second kappa shape index (κ2) is 9.14. The number of amides is 1. The fourth-order valence-electron chi connectivity index (χ4n) is 1.34. The topological polar surface area (TPSA) is 68.0 Å². The Kier molecular flexibility index (Phi) is 9.90. The standard InChI is InChI=1S/C12H19N3O.2ClH/c1-4-8(2)11(13)12(16)15-10-6-5-7-14-9(10)3;;/h5-8,11H,4,13H2,1-3H3,(H,15,16);2*1H. The number of carbonyl (C=O) groups excluding carboxylic acids is 1. The lowest BCUT2D eigenvalue weighted by Crippen LogP contribution is -2.40. The molecule has 4 nitrogen and oxygen atoms in total. The van der Waals surface area contributed by atoms with Crippen LogP contribution >= 0.6 is 24.8 Å². The Morgan fingerprint density at radius 1 is 1.50 bits per heavy atom. The number of hydrogen-bond donors (Lipinski definition) is 2. The van der Waals surface area contributed by atoms with Crippen LogP contribution in [0, 0.1) is 12.8 Å². The summed E-state index contributed by atoms with van der Waals surface area (Å²) in [6.45, 7) is 5.85. The van der Waals surface area contributed by atoms with E-state index in [-0.39, 0.29) is 36.6 Å². The molecule has 0 saturated carbocycles. The Labute approximate surface area is 121 Å². The van der Waals surface area contributed by atoms with Crippen molar-refractivity contribution in [2.24, 2.45) is 11.7 Å². The summed E-state index contributed by atoms with van der Waals surface area (Å²) in [6, 6.07) is 3.14. The smallest absolute Gasteiger partial charge is 0.241 e. The number of nitrogens with two attached hydrogens (primary N) is 1. The van der Waals surface area contributed by atoms with Gasteiger partial charge in [0.2, 0.25) is 5.91 Å². The third-order valence-corrected chi connectivity index (χ3v) is 2.82. The van der Waals surface area contributed by atoms with E-state index in [0.717, 1.165) is 17.8 Å². The summed E-state index contributed by atoms with van der Waals surface area (Å²) in [4.78, 5) is 15.9. The van der Waals surface area contributed by atoms with Crippen molar-refractivity contribution >= 4 is 36.4 Å². The predicted octanol–water partition coefficient (Wildman–Crippen LogP) is 2.55. The summed E-state index contributed by atoms with van der Waals surface area (Å²) in [6.07, 6.45) is 2.58. The van der Waals surface area contributed by atoms with Gasteiger partial charge >= 0.3 is 0 Å². The average Bonchev–Trinajstić information content (AvgIpc) is 2.30. The van der Waals surface area contributed by atoms with Gasteiger partial charge in [0.15, 0.2) is 0 Å². The zero-order valence-corrected chi connectivity index (χ0v) is 12.5. The Balaban J connectivity index is 0. The van der Waals surface area contributed by atoms with Crippen molar-refractivity contribution in [3.05, 3.63) is 24.0 Å². The van der Waals surface area contributed by atoms with Gasteiger partial charge in [0, 0.05) is 6.20 Å². The Morgan fingerprint density at radius 3 is 2.61 bits per heavy atom. The first-order valence-electron chi connectivity index (χ1n) is 5.54. The van der Waals surface area contributed by atoms with Crippen molar-refractivity contribution in [2.45, 2.75) is 33.2 Å². The Hall–Kier alpha value is -0.840. The summed E-state index contributed by atoms with van der Waals surface area (Å²) in [5, 5.41) is 2.80. The summed E-state index contributed by atoms with van der Waals surface area (Å²) in [5.74, 6) is 0.0300. The number of halogens is 2. The molecule has 0 spiro atoms. The van der Waals surface area contributed by atoms with Crippen LogP contribution in [-0.4, -0.2) is 16.9 Å². The van der Waals surface area contributed by atoms with E-state index in [9.17, 15) is 4.79 Å². The van der Waals surface area contributed by atoms with Gasteiger partial charge in [0.25, 0.3) is 0 Å². The highest BCUT2D eigenvalue weighted by atomic mass is 35.5. The lowest BCUT2D eigenvalue weighted by Gasteiger charge is -2.18. The highest BCUT2D eigenvalue weighted by Crippen LogP contribution is 2.12. The fraction of sp³-hybridized carbons (Fsp3) is 0.500. The minimum Gasteiger partial charge on any atom is -0.323 e. The van der Waals surface area contributed by atoms with E-state index in [0.29, 0.717) is 0 Å². The molecule has 0 bridgehead atoms. The maximum absolute atomic E-state index is 11.8. The molecule has 104 valence electrons. The van der Waals surface area contributed by atoms with E-state index >= 15 is 0 Å². The molecule has 18 heavy (non-hydrogen) atoms. The van der Waals surface area contributed by atoms with Gasteiger partial charge in [-0.3, -0.25) is 9.78 Å². The quantitative estimate of drug-likeness (QED) is 0.896. The van der Waals surface area contributed by atoms with Crippen LogP contribution in [0.4, 0.5) is 5.69 Å². The summed E-state index contributed by atoms with van der Waals surface area (Å²) in [7, 11) is 0. The lowest BCUT2D eigenvalue weighted by atomic mass is 9.99. The van der Waals surface area contributed by atoms with E-state index in [4.69, 9.17) is 5.73 Å². The number of rotatable bonds is 4. The number of anilines is 1. The molecule has 2 atom stereocenters. The van der Waals surface area contributed by atoms with Crippen molar-refractivity contribution in [3.8, 4) is 0 Å². The number of carbonyl (C=O) groups is 1. The molecule has 1 aromatic rings. The molecule has 1 rings (SSSR count). The van der Waals surface area contributed by atoms with Crippen LogP contribution in [0.25, 0.3) is 0 Å². The van der Waals surface area contributed by atoms with Crippen LogP contribution in [0.2, 0.25) is 0 Å². The van der Waals surface area contributed by atoms with E-state index in [1.54, 1.807) is 12.3 Å². The molecular formula is C12H21Cl2N3O. The minimum atomic E-state index is -0.468. The zero-order valence-electron chi connectivity index (χ0n) is 10.8. The summed E-state index contributed by atoms with van der Waals surface area (Å²) >= 11 is 0. The minimum absolute atomic E-state index is 0. The van der Waals surface area contributed by atoms with Crippen molar-refractivity contribution in [3.63, 3.8) is 0 Å². The molecule has 0 aliphatic carbocycles. The van der Waals surface area contributed by atoms with Crippen LogP contribution in [0.1, 0.15) is 26.0 Å². The van der Waals surface area contributed by atoms with E-state index in [1.807, 2.05) is 26.8 Å². The molecule has 0 aliphatic rings. The monoisotopic (exact) mass is 293 g/mol. The molecule has 0 radical (unpaired) electrons. The molecule has 1 amide bonds. The molecule has 0 aromatic carbocycles. The maximum Gasteiger partial charge on any atom is 0.241 e. The van der Waals surface area contributed by atoms with Gasteiger partial charge in [0.1, 0.15) is 0 Å². The first-order valence-corrected chi connectivity index (χ1v) is 5.54. The van der Waals surface area contributed by atoms with E-state index in [2.05, 4.69) is 10.3 Å². The molecule has 1 heterocycles. The van der Waals surface area contributed by atoms with E-state index < -0.39 is 6.04 Å². The second-order valence-corrected chi connectivity index (χ2v) is 4.04. The zero-order chi connectivity index (χ0) is 12.1.